The molecule has 1 aromatic rings. The lowest BCUT2D eigenvalue weighted by Gasteiger charge is -2.11. The fourth-order valence-electron chi connectivity index (χ4n) is 1.41. The van der Waals surface area contributed by atoms with Gasteiger partial charge in [0.1, 0.15) is 17.9 Å². The maximum absolute atomic E-state index is 12.7. The van der Waals surface area contributed by atoms with E-state index in [1.54, 1.807) is 26.0 Å². The Kier molecular flexibility index (Phi) is 4.35. The molecule has 0 N–H and O–H groups in total. The van der Waals surface area contributed by atoms with Crippen molar-refractivity contribution in [1.82, 2.24) is 0 Å². The minimum absolute atomic E-state index is 0.0430. The number of benzene rings is 1. The summed E-state index contributed by atoms with van der Waals surface area (Å²) < 4.78 is 12.7. The standard InChI is InChI=1S/C13H15FO2/c1-9(2)13(16)7-11(8-15)10-3-5-12(14)6-4-10/h3-6,8-9,11H,7H2,1-2H3. The first kappa shape index (κ1) is 12.6. The molecule has 2 nitrogen and oxygen atoms in total. The predicted octanol–water partition coefficient (Wildman–Crippen LogP) is 2.72. The second-order valence-corrected chi connectivity index (χ2v) is 4.12. The topological polar surface area (TPSA) is 34.1 Å². The van der Waals surface area contributed by atoms with E-state index >= 15 is 0 Å². The van der Waals surface area contributed by atoms with Crippen molar-refractivity contribution in [3.05, 3.63) is 35.6 Å². The summed E-state index contributed by atoms with van der Waals surface area (Å²) in [6.45, 7) is 3.60. The van der Waals surface area contributed by atoms with Crippen molar-refractivity contribution in [3.8, 4) is 0 Å². The highest BCUT2D eigenvalue weighted by molar-refractivity contribution is 5.84. The molecule has 86 valence electrons. The van der Waals surface area contributed by atoms with Gasteiger partial charge in [0.25, 0.3) is 0 Å². The molecule has 0 saturated heterocycles. The number of halogens is 1. The lowest BCUT2D eigenvalue weighted by Crippen LogP contribution is -2.13. The van der Waals surface area contributed by atoms with Gasteiger partial charge in [-0.15, -0.1) is 0 Å². The van der Waals surface area contributed by atoms with Gasteiger partial charge in [0.2, 0.25) is 0 Å². The Morgan fingerprint density at radius 2 is 1.88 bits per heavy atom. The lowest BCUT2D eigenvalue weighted by atomic mass is 9.91. The van der Waals surface area contributed by atoms with Gasteiger partial charge in [-0.05, 0) is 17.7 Å². The van der Waals surface area contributed by atoms with Crippen molar-refractivity contribution >= 4 is 12.1 Å². The van der Waals surface area contributed by atoms with Gasteiger partial charge in [-0.2, -0.15) is 0 Å². The number of Topliss-reactive ketones (excluding diaryl/α,β-unsaturated/α-hetero) is 1. The van der Waals surface area contributed by atoms with Gasteiger partial charge >= 0.3 is 0 Å². The normalized spacial score (nSPS) is 12.5. The second kappa shape index (κ2) is 5.54. The molecular weight excluding hydrogens is 207 g/mol. The SMILES string of the molecule is CC(C)C(=O)CC(C=O)c1ccc(F)cc1. The van der Waals surface area contributed by atoms with Gasteiger partial charge in [0.15, 0.2) is 0 Å². The molecule has 0 radical (unpaired) electrons. The van der Waals surface area contributed by atoms with E-state index in [9.17, 15) is 14.0 Å². The number of aldehydes is 1. The third kappa shape index (κ3) is 3.26. The highest BCUT2D eigenvalue weighted by Gasteiger charge is 2.17. The van der Waals surface area contributed by atoms with Gasteiger partial charge in [0.05, 0.1) is 0 Å². The van der Waals surface area contributed by atoms with Gasteiger partial charge in [-0.25, -0.2) is 4.39 Å². The van der Waals surface area contributed by atoms with E-state index in [1.165, 1.54) is 12.1 Å². The number of carbonyl (C=O) groups excluding carboxylic acids is 2. The molecule has 1 unspecified atom stereocenters. The maximum atomic E-state index is 12.7. The van der Waals surface area contributed by atoms with E-state index in [-0.39, 0.29) is 23.9 Å². The highest BCUT2D eigenvalue weighted by atomic mass is 19.1. The van der Waals surface area contributed by atoms with Crippen LogP contribution in [0.5, 0.6) is 0 Å². The Labute approximate surface area is 94.5 Å². The van der Waals surface area contributed by atoms with Crippen LogP contribution in [0.15, 0.2) is 24.3 Å². The minimum Gasteiger partial charge on any atom is -0.303 e. The zero-order valence-electron chi connectivity index (χ0n) is 9.44. The quantitative estimate of drug-likeness (QED) is 0.718. The molecular formula is C13H15FO2. The molecule has 3 heteroatoms. The van der Waals surface area contributed by atoms with Crippen LogP contribution in [0.25, 0.3) is 0 Å². The Morgan fingerprint density at radius 1 is 1.31 bits per heavy atom. The molecule has 0 amide bonds. The van der Waals surface area contributed by atoms with Crippen molar-refractivity contribution in [2.24, 2.45) is 5.92 Å². The summed E-state index contributed by atoms with van der Waals surface area (Å²) in [4.78, 5) is 22.4. The average molecular weight is 222 g/mol. The lowest BCUT2D eigenvalue weighted by molar-refractivity contribution is -0.123. The molecule has 0 spiro atoms. The summed E-state index contributed by atoms with van der Waals surface area (Å²) in [6.07, 6.45) is 0.931. The van der Waals surface area contributed by atoms with E-state index < -0.39 is 5.92 Å². The van der Waals surface area contributed by atoms with Crippen LogP contribution in [-0.4, -0.2) is 12.1 Å². The predicted molar refractivity (Wildman–Crippen MR) is 59.7 cm³/mol. The Morgan fingerprint density at radius 3 is 2.31 bits per heavy atom. The van der Waals surface area contributed by atoms with Gasteiger partial charge < -0.3 is 4.79 Å². The summed E-state index contributed by atoms with van der Waals surface area (Å²) >= 11 is 0. The van der Waals surface area contributed by atoms with Crippen LogP contribution >= 0.6 is 0 Å². The molecule has 0 aromatic heterocycles. The Hall–Kier alpha value is -1.51. The van der Waals surface area contributed by atoms with E-state index in [2.05, 4.69) is 0 Å². The molecule has 1 atom stereocenters. The summed E-state index contributed by atoms with van der Waals surface area (Å²) in [5.74, 6) is -0.844. The minimum atomic E-state index is -0.463. The number of hydrogen-bond acceptors (Lipinski definition) is 2. The van der Waals surface area contributed by atoms with Crippen molar-refractivity contribution in [2.45, 2.75) is 26.2 Å². The first-order chi connectivity index (χ1) is 7.54. The molecule has 1 rings (SSSR count). The zero-order valence-corrected chi connectivity index (χ0v) is 9.44. The van der Waals surface area contributed by atoms with Crippen LogP contribution < -0.4 is 0 Å². The van der Waals surface area contributed by atoms with E-state index in [1.807, 2.05) is 0 Å². The first-order valence-corrected chi connectivity index (χ1v) is 5.28. The molecule has 0 aliphatic rings. The van der Waals surface area contributed by atoms with Crippen LogP contribution in [0.3, 0.4) is 0 Å². The largest absolute Gasteiger partial charge is 0.303 e. The third-order valence-electron chi connectivity index (χ3n) is 2.53. The van der Waals surface area contributed by atoms with Crippen LogP contribution in [0.2, 0.25) is 0 Å². The molecule has 0 aliphatic carbocycles. The smallest absolute Gasteiger partial charge is 0.136 e. The number of carbonyl (C=O) groups is 2. The molecule has 0 saturated carbocycles. The zero-order chi connectivity index (χ0) is 12.1. The molecule has 1 aromatic carbocycles. The van der Waals surface area contributed by atoms with Crippen LogP contribution in [0, 0.1) is 11.7 Å². The van der Waals surface area contributed by atoms with Gasteiger partial charge in [-0.1, -0.05) is 26.0 Å². The molecule has 0 heterocycles. The maximum Gasteiger partial charge on any atom is 0.136 e. The van der Waals surface area contributed by atoms with Crippen molar-refractivity contribution in [2.75, 3.05) is 0 Å². The van der Waals surface area contributed by atoms with E-state index in [4.69, 9.17) is 0 Å². The fourth-order valence-corrected chi connectivity index (χ4v) is 1.41. The van der Waals surface area contributed by atoms with E-state index in [0.29, 0.717) is 5.56 Å². The fraction of sp³-hybridized carbons (Fsp3) is 0.385. The summed E-state index contributed by atoms with van der Waals surface area (Å²) in [5, 5.41) is 0. The van der Waals surface area contributed by atoms with Crippen LogP contribution in [-0.2, 0) is 9.59 Å². The van der Waals surface area contributed by atoms with Gasteiger partial charge in [-0.3, -0.25) is 4.79 Å². The van der Waals surface area contributed by atoms with Crippen molar-refractivity contribution in [1.29, 1.82) is 0 Å². The molecule has 0 fully saturated rings. The van der Waals surface area contributed by atoms with Crippen LogP contribution in [0.1, 0.15) is 31.7 Å². The number of ketones is 1. The van der Waals surface area contributed by atoms with Gasteiger partial charge in [0, 0.05) is 18.3 Å². The summed E-state index contributed by atoms with van der Waals surface area (Å²) in [5.41, 5.74) is 0.686. The summed E-state index contributed by atoms with van der Waals surface area (Å²) in [6, 6.07) is 5.68. The molecule has 0 bridgehead atoms. The number of rotatable bonds is 5. The van der Waals surface area contributed by atoms with E-state index in [0.717, 1.165) is 6.29 Å². The third-order valence-corrected chi connectivity index (χ3v) is 2.53. The van der Waals surface area contributed by atoms with Crippen LogP contribution in [0.4, 0.5) is 4.39 Å². The molecule has 16 heavy (non-hydrogen) atoms. The first-order valence-electron chi connectivity index (χ1n) is 5.28. The van der Waals surface area contributed by atoms with Crippen molar-refractivity contribution < 1.29 is 14.0 Å². The number of hydrogen-bond donors (Lipinski definition) is 0. The Balaban J connectivity index is 2.78. The monoisotopic (exact) mass is 222 g/mol. The Bertz CT molecular complexity index is 368. The summed E-state index contributed by atoms with van der Waals surface area (Å²) in [7, 11) is 0. The average Bonchev–Trinajstić information content (AvgIpc) is 2.26. The van der Waals surface area contributed by atoms with Crippen molar-refractivity contribution in [3.63, 3.8) is 0 Å². The molecule has 0 aliphatic heterocycles. The second-order valence-electron chi connectivity index (χ2n) is 4.12. The highest BCUT2D eigenvalue weighted by Crippen LogP contribution is 2.19.